The lowest BCUT2D eigenvalue weighted by Gasteiger charge is -2.36. The van der Waals surface area contributed by atoms with Crippen LogP contribution in [-0.4, -0.2) is 60.8 Å². The van der Waals surface area contributed by atoms with Crippen molar-refractivity contribution in [2.45, 2.75) is 23.9 Å². The van der Waals surface area contributed by atoms with E-state index < -0.39 is 10.0 Å². The average Bonchev–Trinajstić information content (AvgIpc) is 3.36. The monoisotopic (exact) mass is 451 g/mol. The van der Waals surface area contributed by atoms with Crippen molar-refractivity contribution in [2.75, 3.05) is 37.9 Å². The Labute approximate surface area is 179 Å². The number of fused-ring (bicyclic) bond motifs is 2. The fourth-order valence-corrected chi connectivity index (χ4v) is 6.96. The minimum Gasteiger partial charge on any atom is -0.304 e. The van der Waals surface area contributed by atoms with E-state index in [0.717, 1.165) is 44.6 Å². The fraction of sp³-hybridized carbons (Fsp3) is 0.421. The number of thiazole rings is 1. The molecule has 3 aromatic rings. The van der Waals surface area contributed by atoms with E-state index in [0.29, 0.717) is 16.7 Å². The van der Waals surface area contributed by atoms with Crippen LogP contribution < -0.4 is 4.72 Å². The van der Waals surface area contributed by atoms with E-state index in [-0.39, 0.29) is 10.2 Å². The number of anilines is 1. The number of sulfonamides is 1. The van der Waals surface area contributed by atoms with Crippen LogP contribution in [0.4, 0.5) is 5.69 Å². The minimum absolute atomic E-state index is 0.00719. The number of hydrogen-bond donors (Lipinski definition) is 1. The van der Waals surface area contributed by atoms with E-state index in [2.05, 4.69) is 32.6 Å². The van der Waals surface area contributed by atoms with Gasteiger partial charge in [-0.25, -0.2) is 4.98 Å². The summed E-state index contributed by atoms with van der Waals surface area (Å²) in [5, 5.41) is 1.77. The van der Waals surface area contributed by atoms with Crippen LogP contribution in [0, 0.1) is 0 Å². The Morgan fingerprint density at radius 2 is 2.03 bits per heavy atom. The van der Waals surface area contributed by atoms with Crippen LogP contribution in [0.15, 0.2) is 34.8 Å². The second kappa shape index (κ2) is 7.24. The van der Waals surface area contributed by atoms with E-state index >= 15 is 0 Å². The third-order valence-electron chi connectivity index (χ3n) is 5.90. The van der Waals surface area contributed by atoms with Gasteiger partial charge in [0.25, 0.3) is 10.0 Å². The summed E-state index contributed by atoms with van der Waals surface area (Å²) in [6, 6.07) is 6.25. The molecule has 0 saturated carbocycles. The molecule has 2 aromatic heterocycles. The molecule has 7 nitrogen and oxygen atoms in total. The molecule has 1 aliphatic heterocycles. The highest BCUT2D eigenvalue weighted by Gasteiger charge is 2.32. The van der Waals surface area contributed by atoms with Crippen LogP contribution in [0.25, 0.3) is 4.96 Å². The topological polar surface area (TPSA) is 69.9 Å². The van der Waals surface area contributed by atoms with Crippen LogP contribution in [0.3, 0.4) is 0 Å². The summed E-state index contributed by atoms with van der Waals surface area (Å²) >= 11 is 7.51. The largest absolute Gasteiger partial charge is 0.304 e. The predicted octanol–water partition coefficient (Wildman–Crippen LogP) is 3.08. The summed E-state index contributed by atoms with van der Waals surface area (Å²) in [6.45, 7) is 4.21. The lowest BCUT2D eigenvalue weighted by molar-refractivity contribution is 0.111. The van der Waals surface area contributed by atoms with Gasteiger partial charge in [0.15, 0.2) is 15.1 Å². The van der Waals surface area contributed by atoms with Gasteiger partial charge >= 0.3 is 0 Å². The van der Waals surface area contributed by atoms with Crippen LogP contribution >= 0.6 is 22.9 Å². The minimum atomic E-state index is -3.86. The van der Waals surface area contributed by atoms with Crippen molar-refractivity contribution in [2.24, 2.45) is 0 Å². The first-order chi connectivity index (χ1) is 13.9. The van der Waals surface area contributed by atoms with Gasteiger partial charge in [0.1, 0.15) is 0 Å². The Morgan fingerprint density at radius 1 is 1.24 bits per heavy atom. The van der Waals surface area contributed by atoms with Crippen LogP contribution in [0.5, 0.6) is 0 Å². The molecular weight excluding hydrogens is 430 g/mol. The second-order valence-corrected chi connectivity index (χ2v) is 10.5. The van der Waals surface area contributed by atoms with Gasteiger partial charge in [0.2, 0.25) is 0 Å². The molecule has 1 N–H and O–H groups in total. The molecule has 10 heteroatoms. The van der Waals surface area contributed by atoms with Crippen LogP contribution in [-0.2, 0) is 16.4 Å². The Balaban J connectivity index is 1.46. The van der Waals surface area contributed by atoms with Crippen molar-refractivity contribution in [1.29, 1.82) is 0 Å². The molecule has 154 valence electrons. The molecule has 1 atom stereocenters. The SMILES string of the molecule is CN1CCN(C2CCc3c(NS(=O)(=O)c4c(Cl)nc5sccn45)cccc32)CC1. The molecule has 0 bridgehead atoms. The maximum atomic E-state index is 13.1. The molecule has 2 aliphatic rings. The van der Waals surface area contributed by atoms with Crippen molar-refractivity contribution in [3.8, 4) is 0 Å². The molecule has 0 radical (unpaired) electrons. The average molecular weight is 452 g/mol. The summed E-state index contributed by atoms with van der Waals surface area (Å²) in [5.74, 6) is 0. The van der Waals surface area contributed by atoms with Crippen molar-refractivity contribution >= 4 is 43.6 Å². The smallest absolute Gasteiger partial charge is 0.281 e. The van der Waals surface area contributed by atoms with E-state index in [4.69, 9.17) is 11.6 Å². The number of benzene rings is 1. The maximum absolute atomic E-state index is 13.1. The zero-order valence-corrected chi connectivity index (χ0v) is 18.4. The Kier molecular flexibility index (Phi) is 4.83. The number of rotatable bonds is 4. The highest BCUT2D eigenvalue weighted by atomic mass is 35.5. The quantitative estimate of drug-likeness (QED) is 0.660. The molecule has 1 aromatic carbocycles. The van der Waals surface area contributed by atoms with E-state index in [1.165, 1.54) is 21.3 Å². The third kappa shape index (κ3) is 3.34. The summed E-state index contributed by atoms with van der Waals surface area (Å²) in [7, 11) is -1.71. The van der Waals surface area contributed by atoms with Crippen molar-refractivity contribution in [3.05, 3.63) is 46.1 Å². The molecule has 0 amide bonds. The highest BCUT2D eigenvalue weighted by molar-refractivity contribution is 7.92. The fourth-order valence-electron chi connectivity index (χ4n) is 4.41. The number of piperazine rings is 1. The van der Waals surface area contributed by atoms with E-state index in [1.54, 1.807) is 11.6 Å². The van der Waals surface area contributed by atoms with Gasteiger partial charge in [-0.2, -0.15) is 8.42 Å². The van der Waals surface area contributed by atoms with Gasteiger partial charge in [0, 0.05) is 43.8 Å². The summed E-state index contributed by atoms with van der Waals surface area (Å²) in [6.07, 6.45) is 3.55. The molecule has 1 aliphatic carbocycles. The lowest BCUT2D eigenvalue weighted by atomic mass is 10.0. The molecule has 1 unspecified atom stereocenters. The molecule has 1 fully saturated rings. The third-order valence-corrected chi connectivity index (χ3v) is 8.42. The van der Waals surface area contributed by atoms with Crippen LogP contribution in [0.2, 0.25) is 5.15 Å². The number of aromatic nitrogens is 2. The number of halogens is 1. The van der Waals surface area contributed by atoms with E-state index in [9.17, 15) is 8.42 Å². The Morgan fingerprint density at radius 3 is 2.83 bits per heavy atom. The van der Waals surface area contributed by atoms with Gasteiger partial charge in [-0.15, -0.1) is 11.3 Å². The zero-order chi connectivity index (χ0) is 20.2. The highest BCUT2D eigenvalue weighted by Crippen LogP contribution is 2.40. The first-order valence-corrected chi connectivity index (χ1v) is 12.4. The first kappa shape index (κ1) is 19.3. The molecule has 5 rings (SSSR count). The zero-order valence-electron chi connectivity index (χ0n) is 16.0. The molecule has 1 saturated heterocycles. The number of nitrogens with one attached hydrogen (secondary N) is 1. The second-order valence-electron chi connectivity index (χ2n) is 7.64. The predicted molar refractivity (Wildman–Crippen MR) is 115 cm³/mol. The maximum Gasteiger partial charge on any atom is 0.281 e. The Bertz CT molecular complexity index is 1160. The number of nitrogens with zero attached hydrogens (tertiary/aromatic N) is 4. The summed E-state index contributed by atoms with van der Waals surface area (Å²) < 4.78 is 30.6. The van der Waals surface area contributed by atoms with E-state index in [1.807, 2.05) is 12.1 Å². The van der Waals surface area contributed by atoms with Gasteiger partial charge in [-0.05, 0) is 37.1 Å². The summed E-state index contributed by atoms with van der Waals surface area (Å²) in [5.41, 5.74) is 2.96. The van der Waals surface area contributed by atoms with Crippen molar-refractivity contribution in [3.63, 3.8) is 0 Å². The van der Waals surface area contributed by atoms with Gasteiger partial charge in [-0.3, -0.25) is 14.0 Å². The van der Waals surface area contributed by atoms with Gasteiger partial charge in [0.05, 0.1) is 5.69 Å². The number of hydrogen-bond acceptors (Lipinski definition) is 6. The summed E-state index contributed by atoms with van der Waals surface area (Å²) in [4.78, 5) is 9.57. The Hall–Kier alpha value is -1.65. The molecule has 0 spiro atoms. The normalized spacial score (nSPS) is 21.0. The van der Waals surface area contributed by atoms with Crippen LogP contribution in [0.1, 0.15) is 23.6 Å². The molecule has 29 heavy (non-hydrogen) atoms. The standard InChI is InChI=1S/C19H22ClN5O2S2/c1-23-7-9-24(10-8-23)16-6-5-13-14(16)3-2-4-15(13)22-29(26,27)18-17(20)21-19-25(18)11-12-28-19/h2-4,11-12,16,22H,5-10H2,1H3. The molecular formula is C19H22ClN5O2S2. The lowest BCUT2D eigenvalue weighted by Crippen LogP contribution is -2.45. The first-order valence-electron chi connectivity index (χ1n) is 9.62. The number of likely N-dealkylation sites (N-methyl/N-ethyl adjacent to an activating group) is 1. The van der Waals surface area contributed by atoms with Gasteiger partial charge < -0.3 is 4.90 Å². The van der Waals surface area contributed by atoms with Gasteiger partial charge in [-0.1, -0.05) is 23.7 Å². The molecule has 3 heterocycles. The number of imidazole rings is 1. The van der Waals surface area contributed by atoms with Crippen molar-refractivity contribution < 1.29 is 8.42 Å². The van der Waals surface area contributed by atoms with Crippen molar-refractivity contribution in [1.82, 2.24) is 19.2 Å².